The summed E-state index contributed by atoms with van der Waals surface area (Å²) >= 11 is 0. The van der Waals surface area contributed by atoms with Crippen molar-refractivity contribution in [2.24, 2.45) is 11.8 Å². The molecule has 0 bridgehead atoms. The molecule has 72 valence electrons. The summed E-state index contributed by atoms with van der Waals surface area (Å²) in [5.41, 5.74) is 0. The molecule has 2 nitrogen and oxygen atoms in total. The fourth-order valence-corrected chi connectivity index (χ4v) is 1.51. The van der Waals surface area contributed by atoms with Gasteiger partial charge in [0.15, 0.2) is 0 Å². The van der Waals surface area contributed by atoms with Gasteiger partial charge in [-0.05, 0) is 11.8 Å². The number of ether oxygens (including phenoxy) is 2. The van der Waals surface area contributed by atoms with Crippen molar-refractivity contribution in [2.75, 3.05) is 6.79 Å². The van der Waals surface area contributed by atoms with E-state index in [0.717, 1.165) is 6.42 Å². The normalized spacial score (nSPS) is 31.5. The lowest BCUT2D eigenvalue weighted by Gasteiger charge is -2.33. The van der Waals surface area contributed by atoms with Crippen LogP contribution in [0.1, 0.15) is 34.1 Å². The Morgan fingerprint density at radius 2 is 1.33 bits per heavy atom. The van der Waals surface area contributed by atoms with E-state index in [1.54, 1.807) is 0 Å². The second-order valence-electron chi connectivity index (χ2n) is 4.25. The lowest BCUT2D eigenvalue weighted by Crippen LogP contribution is -2.37. The Morgan fingerprint density at radius 3 is 1.67 bits per heavy atom. The summed E-state index contributed by atoms with van der Waals surface area (Å²) in [4.78, 5) is 0. The molecule has 2 heteroatoms. The molecule has 0 aliphatic carbocycles. The van der Waals surface area contributed by atoms with Crippen LogP contribution in [0.3, 0.4) is 0 Å². The quantitative estimate of drug-likeness (QED) is 0.637. The summed E-state index contributed by atoms with van der Waals surface area (Å²) in [6, 6.07) is 0. The van der Waals surface area contributed by atoms with Gasteiger partial charge in [-0.2, -0.15) is 0 Å². The van der Waals surface area contributed by atoms with E-state index in [1.165, 1.54) is 0 Å². The summed E-state index contributed by atoms with van der Waals surface area (Å²) in [6.07, 6.45) is 1.84. The Bertz CT molecular complexity index is 118. The second-order valence-corrected chi connectivity index (χ2v) is 4.25. The maximum Gasteiger partial charge on any atom is 0.147 e. The first-order valence-electron chi connectivity index (χ1n) is 4.84. The van der Waals surface area contributed by atoms with Crippen molar-refractivity contribution in [3.63, 3.8) is 0 Å². The molecule has 0 aromatic carbocycles. The largest absolute Gasteiger partial charge is 0.352 e. The van der Waals surface area contributed by atoms with Crippen LogP contribution in [0.4, 0.5) is 0 Å². The van der Waals surface area contributed by atoms with Gasteiger partial charge in [0.05, 0.1) is 12.2 Å². The van der Waals surface area contributed by atoms with Crippen LogP contribution in [0.5, 0.6) is 0 Å². The summed E-state index contributed by atoms with van der Waals surface area (Å²) in [5, 5.41) is 0. The van der Waals surface area contributed by atoms with Crippen LogP contribution in [-0.2, 0) is 9.47 Å². The third kappa shape index (κ3) is 2.46. The Hall–Kier alpha value is -0.0800. The van der Waals surface area contributed by atoms with Crippen molar-refractivity contribution in [3.05, 3.63) is 0 Å². The summed E-state index contributed by atoms with van der Waals surface area (Å²) in [7, 11) is 0. The van der Waals surface area contributed by atoms with E-state index in [1.807, 2.05) is 0 Å². The highest BCUT2D eigenvalue weighted by Gasteiger charge is 2.27. The van der Waals surface area contributed by atoms with Crippen LogP contribution in [0.2, 0.25) is 0 Å². The van der Waals surface area contributed by atoms with Gasteiger partial charge in [0, 0.05) is 6.42 Å². The lowest BCUT2D eigenvalue weighted by atomic mass is 9.94. The molecule has 1 aliphatic rings. The van der Waals surface area contributed by atoms with Gasteiger partial charge in [0.1, 0.15) is 6.79 Å². The van der Waals surface area contributed by atoms with Gasteiger partial charge in [-0.1, -0.05) is 27.7 Å². The zero-order valence-electron chi connectivity index (χ0n) is 8.54. The summed E-state index contributed by atoms with van der Waals surface area (Å²) in [6.45, 7) is 9.28. The fraction of sp³-hybridized carbons (Fsp3) is 1.00. The predicted octanol–water partition coefficient (Wildman–Crippen LogP) is 2.43. The molecular weight excluding hydrogens is 152 g/mol. The van der Waals surface area contributed by atoms with Crippen LogP contribution < -0.4 is 0 Å². The van der Waals surface area contributed by atoms with Crippen molar-refractivity contribution in [1.82, 2.24) is 0 Å². The van der Waals surface area contributed by atoms with Gasteiger partial charge in [0.25, 0.3) is 0 Å². The highest BCUT2D eigenvalue weighted by atomic mass is 16.7. The SMILES string of the molecule is CC(C)C1CC(C(C)C)OCO1. The predicted molar refractivity (Wildman–Crippen MR) is 48.9 cm³/mol. The van der Waals surface area contributed by atoms with Crippen molar-refractivity contribution >= 4 is 0 Å². The minimum absolute atomic E-state index is 0.395. The van der Waals surface area contributed by atoms with Crippen LogP contribution in [0, 0.1) is 11.8 Å². The van der Waals surface area contributed by atoms with Crippen LogP contribution >= 0.6 is 0 Å². The van der Waals surface area contributed by atoms with Gasteiger partial charge >= 0.3 is 0 Å². The summed E-state index contributed by atoms with van der Waals surface area (Å²) in [5.74, 6) is 1.21. The topological polar surface area (TPSA) is 18.5 Å². The van der Waals surface area contributed by atoms with E-state index in [-0.39, 0.29) is 0 Å². The minimum atomic E-state index is 0.395. The van der Waals surface area contributed by atoms with E-state index >= 15 is 0 Å². The van der Waals surface area contributed by atoms with E-state index in [9.17, 15) is 0 Å². The zero-order valence-corrected chi connectivity index (χ0v) is 8.54. The van der Waals surface area contributed by atoms with Gasteiger partial charge in [0.2, 0.25) is 0 Å². The highest BCUT2D eigenvalue weighted by molar-refractivity contribution is 4.73. The third-order valence-electron chi connectivity index (χ3n) is 2.52. The van der Waals surface area contributed by atoms with E-state index in [4.69, 9.17) is 9.47 Å². The van der Waals surface area contributed by atoms with Gasteiger partial charge < -0.3 is 9.47 Å². The molecule has 2 unspecified atom stereocenters. The molecule has 1 aliphatic heterocycles. The number of hydrogen-bond donors (Lipinski definition) is 0. The monoisotopic (exact) mass is 172 g/mol. The van der Waals surface area contributed by atoms with Gasteiger partial charge in [-0.15, -0.1) is 0 Å². The molecule has 2 atom stereocenters. The van der Waals surface area contributed by atoms with Crippen LogP contribution in [0.15, 0.2) is 0 Å². The molecule has 1 fully saturated rings. The lowest BCUT2D eigenvalue weighted by molar-refractivity contribution is -0.195. The molecular formula is C10H20O2. The molecule has 12 heavy (non-hydrogen) atoms. The van der Waals surface area contributed by atoms with Crippen molar-refractivity contribution in [1.29, 1.82) is 0 Å². The Balaban J connectivity index is 2.40. The van der Waals surface area contributed by atoms with Crippen molar-refractivity contribution < 1.29 is 9.47 Å². The van der Waals surface area contributed by atoms with Gasteiger partial charge in [-0.3, -0.25) is 0 Å². The molecule has 0 radical (unpaired) electrons. The molecule has 0 N–H and O–H groups in total. The standard InChI is InChI=1S/C10H20O2/c1-7(2)9-5-10(8(3)4)12-6-11-9/h7-10H,5-6H2,1-4H3. The second kappa shape index (κ2) is 4.24. The van der Waals surface area contributed by atoms with Gasteiger partial charge in [-0.25, -0.2) is 0 Å². The maximum absolute atomic E-state index is 5.50. The van der Waals surface area contributed by atoms with E-state index in [0.29, 0.717) is 30.8 Å². The number of rotatable bonds is 2. The van der Waals surface area contributed by atoms with Crippen molar-refractivity contribution in [2.45, 2.75) is 46.3 Å². The maximum atomic E-state index is 5.50. The molecule has 1 heterocycles. The molecule has 0 saturated carbocycles. The first-order chi connectivity index (χ1) is 5.61. The highest BCUT2D eigenvalue weighted by Crippen LogP contribution is 2.23. The molecule has 1 rings (SSSR count). The molecule has 0 amide bonds. The van der Waals surface area contributed by atoms with E-state index < -0.39 is 0 Å². The summed E-state index contributed by atoms with van der Waals surface area (Å²) < 4.78 is 11.0. The smallest absolute Gasteiger partial charge is 0.147 e. The molecule has 1 saturated heterocycles. The Kier molecular flexibility index (Phi) is 3.53. The van der Waals surface area contributed by atoms with Crippen molar-refractivity contribution in [3.8, 4) is 0 Å². The van der Waals surface area contributed by atoms with Crippen LogP contribution in [0.25, 0.3) is 0 Å². The Morgan fingerprint density at radius 1 is 0.917 bits per heavy atom. The fourth-order valence-electron chi connectivity index (χ4n) is 1.51. The zero-order chi connectivity index (χ0) is 9.14. The minimum Gasteiger partial charge on any atom is -0.352 e. The first kappa shape index (κ1) is 10.0. The molecule has 0 spiro atoms. The first-order valence-corrected chi connectivity index (χ1v) is 4.84. The molecule has 0 aromatic heterocycles. The Labute approximate surface area is 75.2 Å². The third-order valence-corrected chi connectivity index (χ3v) is 2.52. The average Bonchev–Trinajstić information content (AvgIpc) is 2.04. The average molecular weight is 172 g/mol. The number of hydrogen-bond acceptors (Lipinski definition) is 2. The van der Waals surface area contributed by atoms with E-state index in [2.05, 4.69) is 27.7 Å². The van der Waals surface area contributed by atoms with Crippen LogP contribution in [-0.4, -0.2) is 19.0 Å². The molecule has 0 aromatic rings.